The fourth-order valence-corrected chi connectivity index (χ4v) is 1.99. The number of phenols is 1. The first-order valence-electron chi connectivity index (χ1n) is 6.07. The van der Waals surface area contributed by atoms with Crippen LogP contribution in [-0.2, 0) is 10.9 Å². The van der Waals surface area contributed by atoms with Crippen LogP contribution in [0, 0.1) is 5.92 Å². The Hall–Kier alpha value is -1.43. The van der Waals surface area contributed by atoms with E-state index in [0.717, 1.165) is 18.9 Å². The Labute approximate surface area is 108 Å². The lowest BCUT2D eigenvalue weighted by molar-refractivity contribution is -0.139. The van der Waals surface area contributed by atoms with Crippen LogP contribution in [0.25, 0.3) is 0 Å². The van der Waals surface area contributed by atoms with Gasteiger partial charge in [-0.2, -0.15) is 13.2 Å². The van der Waals surface area contributed by atoms with Gasteiger partial charge in [0.15, 0.2) is 0 Å². The molecule has 0 saturated carbocycles. The number of halogens is 3. The molecular weight excluding hydrogens is 261 g/mol. The molecule has 1 aromatic carbocycles. The molecule has 3 nitrogen and oxygen atoms in total. The van der Waals surface area contributed by atoms with Gasteiger partial charge in [0, 0.05) is 13.2 Å². The van der Waals surface area contributed by atoms with Crippen LogP contribution >= 0.6 is 0 Å². The van der Waals surface area contributed by atoms with E-state index in [2.05, 4.69) is 0 Å². The van der Waals surface area contributed by atoms with Gasteiger partial charge < -0.3 is 14.6 Å². The average molecular weight is 276 g/mol. The van der Waals surface area contributed by atoms with Gasteiger partial charge in [0.25, 0.3) is 0 Å². The Balaban J connectivity index is 2.06. The van der Waals surface area contributed by atoms with E-state index in [1.807, 2.05) is 0 Å². The molecule has 1 heterocycles. The van der Waals surface area contributed by atoms with Crippen molar-refractivity contribution in [1.29, 1.82) is 0 Å². The molecule has 6 heteroatoms. The summed E-state index contributed by atoms with van der Waals surface area (Å²) in [5.41, 5.74) is -0.945. The second-order valence-electron chi connectivity index (χ2n) is 4.54. The van der Waals surface area contributed by atoms with Gasteiger partial charge in [0.05, 0.1) is 6.61 Å². The van der Waals surface area contributed by atoms with Gasteiger partial charge in [0.1, 0.15) is 17.1 Å². The molecule has 1 fully saturated rings. The molecule has 0 unspecified atom stereocenters. The fraction of sp³-hybridized carbons (Fsp3) is 0.538. The molecular formula is C13H15F3O3. The van der Waals surface area contributed by atoms with Gasteiger partial charge in [-0.1, -0.05) is 0 Å². The second kappa shape index (κ2) is 5.69. The number of rotatable bonds is 3. The van der Waals surface area contributed by atoms with E-state index in [-0.39, 0.29) is 18.3 Å². The standard InChI is InChI=1S/C13H15F3O3/c14-13(15,16)11-7-10(17)1-2-12(11)19-8-9-3-5-18-6-4-9/h1-2,7,9,17H,3-6,8H2. The first-order valence-corrected chi connectivity index (χ1v) is 6.07. The summed E-state index contributed by atoms with van der Waals surface area (Å²) in [4.78, 5) is 0. The normalized spacial score (nSPS) is 17.4. The van der Waals surface area contributed by atoms with Crippen molar-refractivity contribution in [2.75, 3.05) is 19.8 Å². The van der Waals surface area contributed by atoms with Crippen LogP contribution in [-0.4, -0.2) is 24.9 Å². The monoisotopic (exact) mass is 276 g/mol. The van der Waals surface area contributed by atoms with E-state index in [9.17, 15) is 13.2 Å². The number of hydrogen-bond donors (Lipinski definition) is 1. The zero-order valence-corrected chi connectivity index (χ0v) is 10.2. The molecule has 0 amide bonds. The summed E-state index contributed by atoms with van der Waals surface area (Å²) < 4.78 is 48.8. The van der Waals surface area contributed by atoms with Crippen molar-refractivity contribution in [1.82, 2.24) is 0 Å². The molecule has 19 heavy (non-hydrogen) atoms. The number of benzene rings is 1. The lowest BCUT2D eigenvalue weighted by Gasteiger charge is -2.23. The Morgan fingerprint density at radius 2 is 1.95 bits per heavy atom. The molecule has 0 bridgehead atoms. The molecule has 0 radical (unpaired) electrons. The third-order valence-corrected chi connectivity index (χ3v) is 3.08. The van der Waals surface area contributed by atoms with E-state index in [1.54, 1.807) is 0 Å². The predicted molar refractivity (Wildman–Crippen MR) is 62.1 cm³/mol. The first kappa shape index (κ1) is 14.0. The number of aromatic hydroxyl groups is 1. The fourth-order valence-electron chi connectivity index (χ4n) is 1.99. The lowest BCUT2D eigenvalue weighted by atomic mass is 10.0. The maximum Gasteiger partial charge on any atom is 0.420 e. The van der Waals surface area contributed by atoms with Gasteiger partial charge in [-0.05, 0) is 37.0 Å². The molecule has 0 aliphatic carbocycles. The van der Waals surface area contributed by atoms with E-state index in [4.69, 9.17) is 14.6 Å². The highest BCUT2D eigenvalue weighted by atomic mass is 19.4. The van der Waals surface area contributed by atoms with Gasteiger partial charge in [0.2, 0.25) is 0 Å². The van der Waals surface area contributed by atoms with E-state index in [1.165, 1.54) is 6.07 Å². The summed E-state index contributed by atoms with van der Waals surface area (Å²) in [6.07, 6.45) is -2.96. The number of alkyl halides is 3. The molecule has 2 rings (SSSR count). The summed E-state index contributed by atoms with van der Waals surface area (Å²) in [7, 11) is 0. The van der Waals surface area contributed by atoms with Crippen molar-refractivity contribution in [3.05, 3.63) is 23.8 Å². The highest BCUT2D eigenvalue weighted by Crippen LogP contribution is 2.38. The maximum atomic E-state index is 12.8. The van der Waals surface area contributed by atoms with E-state index >= 15 is 0 Å². The highest BCUT2D eigenvalue weighted by Gasteiger charge is 2.35. The number of phenolic OH excluding ortho intramolecular Hbond substituents is 1. The maximum absolute atomic E-state index is 12.8. The quantitative estimate of drug-likeness (QED) is 0.921. The SMILES string of the molecule is Oc1ccc(OCC2CCOCC2)c(C(F)(F)F)c1. The molecule has 106 valence electrons. The van der Waals surface area contributed by atoms with Crippen LogP contribution in [0.1, 0.15) is 18.4 Å². The molecule has 1 saturated heterocycles. The Bertz CT molecular complexity index is 426. The molecule has 1 aromatic rings. The summed E-state index contributed by atoms with van der Waals surface area (Å²) >= 11 is 0. The van der Waals surface area contributed by atoms with Gasteiger partial charge in [-0.3, -0.25) is 0 Å². The highest BCUT2D eigenvalue weighted by molar-refractivity contribution is 5.41. The summed E-state index contributed by atoms with van der Waals surface area (Å²) in [5.74, 6) is -0.453. The molecule has 0 aromatic heterocycles. The van der Waals surface area contributed by atoms with Crippen molar-refractivity contribution in [3.8, 4) is 11.5 Å². The van der Waals surface area contributed by atoms with Gasteiger partial charge >= 0.3 is 6.18 Å². The third-order valence-electron chi connectivity index (χ3n) is 3.08. The molecule has 0 spiro atoms. The first-order chi connectivity index (χ1) is 8.97. The van der Waals surface area contributed by atoms with Gasteiger partial charge in [-0.15, -0.1) is 0 Å². The number of ether oxygens (including phenoxy) is 2. The summed E-state index contributed by atoms with van der Waals surface area (Å²) in [6, 6.07) is 3.02. The summed E-state index contributed by atoms with van der Waals surface area (Å²) in [6.45, 7) is 1.47. The van der Waals surface area contributed by atoms with Crippen LogP contribution in [0.15, 0.2) is 18.2 Å². The van der Waals surface area contributed by atoms with Crippen LogP contribution in [0.2, 0.25) is 0 Å². The van der Waals surface area contributed by atoms with E-state index in [0.29, 0.717) is 19.3 Å². The average Bonchev–Trinajstić information content (AvgIpc) is 2.37. The van der Waals surface area contributed by atoms with E-state index < -0.39 is 17.5 Å². The van der Waals surface area contributed by atoms with Crippen molar-refractivity contribution in [2.24, 2.45) is 5.92 Å². The van der Waals surface area contributed by atoms with Crippen LogP contribution < -0.4 is 4.74 Å². The largest absolute Gasteiger partial charge is 0.508 e. The van der Waals surface area contributed by atoms with Crippen LogP contribution in [0.5, 0.6) is 11.5 Å². The lowest BCUT2D eigenvalue weighted by Crippen LogP contribution is -2.22. The zero-order valence-electron chi connectivity index (χ0n) is 10.2. The number of hydrogen-bond acceptors (Lipinski definition) is 3. The predicted octanol–water partition coefficient (Wildman–Crippen LogP) is 3.22. The summed E-state index contributed by atoms with van der Waals surface area (Å²) in [5, 5.41) is 9.15. The Kier molecular flexibility index (Phi) is 4.19. The second-order valence-corrected chi connectivity index (χ2v) is 4.54. The zero-order chi connectivity index (χ0) is 13.9. The smallest absolute Gasteiger partial charge is 0.420 e. The minimum Gasteiger partial charge on any atom is -0.508 e. The van der Waals surface area contributed by atoms with Crippen molar-refractivity contribution < 1.29 is 27.8 Å². The Morgan fingerprint density at radius 1 is 1.26 bits per heavy atom. The van der Waals surface area contributed by atoms with Crippen molar-refractivity contribution >= 4 is 0 Å². The Morgan fingerprint density at radius 3 is 2.58 bits per heavy atom. The minimum absolute atomic E-state index is 0.212. The molecule has 1 N–H and O–H groups in total. The third kappa shape index (κ3) is 3.76. The van der Waals surface area contributed by atoms with Crippen molar-refractivity contribution in [2.45, 2.75) is 19.0 Å². The van der Waals surface area contributed by atoms with Crippen LogP contribution in [0.4, 0.5) is 13.2 Å². The van der Waals surface area contributed by atoms with Crippen molar-refractivity contribution in [3.63, 3.8) is 0 Å². The molecule has 1 aliphatic heterocycles. The topological polar surface area (TPSA) is 38.7 Å². The molecule has 1 aliphatic rings. The van der Waals surface area contributed by atoms with Gasteiger partial charge in [-0.25, -0.2) is 0 Å². The minimum atomic E-state index is -4.54. The molecule has 0 atom stereocenters. The van der Waals surface area contributed by atoms with Crippen LogP contribution in [0.3, 0.4) is 0 Å².